The zero-order valence-corrected chi connectivity index (χ0v) is 17.6. The molecule has 4 rings (SSSR count). The van der Waals surface area contributed by atoms with Gasteiger partial charge in [-0.25, -0.2) is 4.68 Å². The van der Waals surface area contributed by atoms with Gasteiger partial charge in [0.15, 0.2) is 0 Å². The molecular weight excluding hydrogens is 372 g/mol. The summed E-state index contributed by atoms with van der Waals surface area (Å²) < 4.78 is 1.94. The Bertz CT molecular complexity index is 1050. The lowest BCUT2D eigenvalue weighted by Gasteiger charge is -2.25. The number of carbonyl (C=O) groups excluding carboxylic acids is 1. The maximum absolute atomic E-state index is 12.3. The standard InChI is InChI=1S/C25H28N4O/c1-19-8-9-24(14-20(19)2)29-17-23(16-27-29)22-10-12-28(13-11-22)18-25(30)26-15-21-6-4-3-5-7-21/h3-10,14,16-17H,11-13,15,18H2,1-2H3,(H,26,30). The average Bonchev–Trinajstić information content (AvgIpc) is 3.26. The van der Waals surface area contributed by atoms with Crippen molar-refractivity contribution in [1.29, 1.82) is 0 Å². The van der Waals surface area contributed by atoms with Crippen LogP contribution in [0.3, 0.4) is 0 Å². The molecule has 0 saturated heterocycles. The molecule has 0 aliphatic carbocycles. The maximum atomic E-state index is 12.3. The van der Waals surface area contributed by atoms with Crippen molar-refractivity contribution < 1.29 is 4.79 Å². The zero-order chi connectivity index (χ0) is 20.9. The molecule has 3 aromatic rings. The highest BCUT2D eigenvalue weighted by Crippen LogP contribution is 2.23. The lowest BCUT2D eigenvalue weighted by molar-refractivity contribution is -0.122. The summed E-state index contributed by atoms with van der Waals surface area (Å²) in [6, 6.07) is 16.4. The van der Waals surface area contributed by atoms with Crippen LogP contribution in [0.15, 0.2) is 67.0 Å². The molecule has 1 aromatic heterocycles. The first-order chi connectivity index (χ1) is 14.6. The summed E-state index contributed by atoms with van der Waals surface area (Å²) in [7, 11) is 0. The molecule has 1 N–H and O–H groups in total. The molecule has 1 amide bonds. The molecule has 2 aromatic carbocycles. The predicted octanol–water partition coefficient (Wildman–Crippen LogP) is 3.89. The van der Waals surface area contributed by atoms with Gasteiger partial charge in [0.25, 0.3) is 0 Å². The minimum absolute atomic E-state index is 0.0678. The highest BCUT2D eigenvalue weighted by atomic mass is 16.2. The molecule has 0 saturated carbocycles. The summed E-state index contributed by atoms with van der Waals surface area (Å²) in [5, 5.41) is 7.56. The summed E-state index contributed by atoms with van der Waals surface area (Å²) >= 11 is 0. The van der Waals surface area contributed by atoms with Crippen LogP contribution in [0.1, 0.15) is 28.7 Å². The van der Waals surface area contributed by atoms with E-state index < -0.39 is 0 Å². The third-order valence-corrected chi connectivity index (χ3v) is 5.70. The fourth-order valence-electron chi connectivity index (χ4n) is 3.67. The van der Waals surface area contributed by atoms with Gasteiger partial charge in [-0.1, -0.05) is 42.5 Å². The molecular formula is C25H28N4O. The van der Waals surface area contributed by atoms with E-state index in [1.165, 1.54) is 16.7 Å². The number of hydrogen-bond acceptors (Lipinski definition) is 3. The monoisotopic (exact) mass is 400 g/mol. The summed E-state index contributed by atoms with van der Waals surface area (Å²) in [6.07, 6.45) is 7.17. The first-order valence-electron chi connectivity index (χ1n) is 10.4. The van der Waals surface area contributed by atoms with Gasteiger partial charge in [-0.3, -0.25) is 9.69 Å². The minimum atomic E-state index is 0.0678. The topological polar surface area (TPSA) is 50.2 Å². The molecule has 2 heterocycles. The summed E-state index contributed by atoms with van der Waals surface area (Å²) in [5.41, 5.74) is 7.20. The van der Waals surface area contributed by atoms with Gasteiger partial charge in [0.2, 0.25) is 5.91 Å². The lowest BCUT2D eigenvalue weighted by atomic mass is 10.0. The number of rotatable bonds is 6. The predicted molar refractivity (Wildman–Crippen MR) is 120 cm³/mol. The quantitative estimate of drug-likeness (QED) is 0.683. The first kappa shape index (κ1) is 20.1. The third kappa shape index (κ3) is 4.86. The van der Waals surface area contributed by atoms with E-state index in [0.29, 0.717) is 13.1 Å². The molecule has 0 radical (unpaired) electrons. The van der Waals surface area contributed by atoms with Crippen molar-refractivity contribution in [2.75, 3.05) is 19.6 Å². The number of nitrogens with one attached hydrogen (secondary N) is 1. The second-order valence-electron chi connectivity index (χ2n) is 7.92. The SMILES string of the molecule is Cc1ccc(-n2cc(C3=CCN(CC(=O)NCc4ccccc4)CC3)cn2)cc1C. The van der Waals surface area contributed by atoms with Crippen molar-refractivity contribution in [2.45, 2.75) is 26.8 Å². The molecule has 0 fully saturated rings. The number of aromatic nitrogens is 2. The molecule has 30 heavy (non-hydrogen) atoms. The van der Waals surface area contributed by atoms with Crippen molar-refractivity contribution in [2.24, 2.45) is 0 Å². The van der Waals surface area contributed by atoms with Gasteiger partial charge in [-0.2, -0.15) is 5.10 Å². The van der Waals surface area contributed by atoms with E-state index >= 15 is 0 Å². The van der Waals surface area contributed by atoms with E-state index in [9.17, 15) is 4.79 Å². The van der Waals surface area contributed by atoms with E-state index in [1.54, 1.807) is 0 Å². The number of carbonyl (C=O) groups is 1. The normalized spacial score (nSPS) is 14.4. The summed E-state index contributed by atoms with van der Waals surface area (Å²) in [6.45, 7) is 6.90. The molecule has 5 heteroatoms. The fraction of sp³-hybridized carbons (Fsp3) is 0.280. The van der Waals surface area contributed by atoms with Crippen LogP contribution < -0.4 is 5.32 Å². The first-order valence-corrected chi connectivity index (χ1v) is 10.4. The van der Waals surface area contributed by atoms with Crippen molar-refractivity contribution >= 4 is 11.5 Å². The van der Waals surface area contributed by atoms with E-state index in [2.05, 4.69) is 59.6 Å². The molecule has 0 spiro atoms. The molecule has 0 bridgehead atoms. The smallest absolute Gasteiger partial charge is 0.234 e. The van der Waals surface area contributed by atoms with Gasteiger partial charge in [-0.05, 0) is 54.7 Å². The van der Waals surface area contributed by atoms with E-state index in [-0.39, 0.29) is 5.91 Å². The Morgan fingerprint density at radius 2 is 1.93 bits per heavy atom. The Kier molecular flexibility index (Phi) is 6.10. The molecule has 0 unspecified atom stereocenters. The van der Waals surface area contributed by atoms with Gasteiger partial charge in [0.05, 0.1) is 18.4 Å². The van der Waals surface area contributed by atoms with E-state index in [4.69, 9.17) is 0 Å². The van der Waals surface area contributed by atoms with Crippen LogP contribution >= 0.6 is 0 Å². The second kappa shape index (κ2) is 9.09. The van der Waals surface area contributed by atoms with Crippen LogP contribution in [0, 0.1) is 13.8 Å². The number of benzene rings is 2. The van der Waals surface area contributed by atoms with Gasteiger partial charge in [0, 0.05) is 31.4 Å². The van der Waals surface area contributed by atoms with Crippen molar-refractivity contribution in [3.05, 3.63) is 89.3 Å². The largest absolute Gasteiger partial charge is 0.351 e. The highest BCUT2D eigenvalue weighted by molar-refractivity contribution is 5.78. The van der Waals surface area contributed by atoms with Crippen LogP contribution in [-0.4, -0.2) is 40.2 Å². The molecule has 154 valence electrons. The fourth-order valence-corrected chi connectivity index (χ4v) is 3.67. The van der Waals surface area contributed by atoms with Crippen LogP contribution in [-0.2, 0) is 11.3 Å². The van der Waals surface area contributed by atoms with Crippen LogP contribution in [0.4, 0.5) is 0 Å². The minimum Gasteiger partial charge on any atom is -0.351 e. The van der Waals surface area contributed by atoms with E-state index in [1.807, 2.05) is 41.2 Å². The Labute approximate surface area is 178 Å². The van der Waals surface area contributed by atoms with Gasteiger partial charge in [-0.15, -0.1) is 0 Å². The molecule has 1 aliphatic heterocycles. The molecule has 5 nitrogen and oxygen atoms in total. The number of hydrogen-bond donors (Lipinski definition) is 1. The average molecular weight is 401 g/mol. The Morgan fingerprint density at radius 1 is 1.10 bits per heavy atom. The number of nitrogens with zero attached hydrogens (tertiary/aromatic N) is 3. The highest BCUT2D eigenvalue weighted by Gasteiger charge is 2.17. The van der Waals surface area contributed by atoms with E-state index in [0.717, 1.165) is 36.3 Å². The van der Waals surface area contributed by atoms with Crippen LogP contribution in [0.25, 0.3) is 11.3 Å². The number of aryl methyl sites for hydroxylation is 2. The Morgan fingerprint density at radius 3 is 2.67 bits per heavy atom. The summed E-state index contributed by atoms with van der Waals surface area (Å²) in [4.78, 5) is 14.4. The van der Waals surface area contributed by atoms with Crippen LogP contribution in [0.5, 0.6) is 0 Å². The van der Waals surface area contributed by atoms with Crippen molar-refractivity contribution in [3.8, 4) is 5.69 Å². The lowest BCUT2D eigenvalue weighted by Crippen LogP contribution is -2.39. The van der Waals surface area contributed by atoms with Crippen LogP contribution in [0.2, 0.25) is 0 Å². The Hall–Kier alpha value is -3.18. The Balaban J connectivity index is 1.32. The van der Waals surface area contributed by atoms with Gasteiger partial charge < -0.3 is 5.32 Å². The number of amides is 1. The molecule has 0 atom stereocenters. The zero-order valence-electron chi connectivity index (χ0n) is 17.6. The van der Waals surface area contributed by atoms with Crippen molar-refractivity contribution in [3.63, 3.8) is 0 Å². The maximum Gasteiger partial charge on any atom is 0.234 e. The third-order valence-electron chi connectivity index (χ3n) is 5.70. The molecule has 1 aliphatic rings. The van der Waals surface area contributed by atoms with Gasteiger partial charge in [0.1, 0.15) is 0 Å². The van der Waals surface area contributed by atoms with Gasteiger partial charge >= 0.3 is 0 Å². The second-order valence-corrected chi connectivity index (χ2v) is 7.92. The summed E-state index contributed by atoms with van der Waals surface area (Å²) in [5.74, 6) is 0.0678. The van der Waals surface area contributed by atoms with Crippen molar-refractivity contribution in [1.82, 2.24) is 20.0 Å².